The van der Waals surface area contributed by atoms with Gasteiger partial charge in [0.25, 0.3) is 11.8 Å². The van der Waals surface area contributed by atoms with E-state index in [-0.39, 0.29) is 18.4 Å². The van der Waals surface area contributed by atoms with Crippen molar-refractivity contribution in [3.05, 3.63) is 77.4 Å². The standard InChI is InChI=1S/C27H28N2O6/c1-33-24-15-21(29-27(32)17-8-4-3-5-9-17)25(34-2)14-20(24)28-26(31)16-35-23-13-7-10-18-19(23)11-6-12-22(18)30/h3-5,7-10,13-15,22,30H,6,11-12,16H2,1-2H3,(H,28,31)(H,29,32). The molecule has 8 heteroatoms. The fourth-order valence-electron chi connectivity index (χ4n) is 4.13. The molecule has 2 amide bonds. The molecule has 8 nitrogen and oxygen atoms in total. The van der Waals surface area contributed by atoms with Crippen molar-refractivity contribution in [2.24, 2.45) is 0 Å². The van der Waals surface area contributed by atoms with Crippen LogP contribution in [-0.4, -0.2) is 37.7 Å². The molecule has 0 aliphatic heterocycles. The van der Waals surface area contributed by atoms with E-state index in [9.17, 15) is 14.7 Å². The molecular weight excluding hydrogens is 448 g/mol. The van der Waals surface area contributed by atoms with Crippen molar-refractivity contribution >= 4 is 23.2 Å². The summed E-state index contributed by atoms with van der Waals surface area (Å²) in [6, 6.07) is 17.5. The number of ether oxygens (including phenoxy) is 3. The Morgan fingerprint density at radius 1 is 0.914 bits per heavy atom. The highest BCUT2D eigenvalue weighted by Crippen LogP contribution is 2.37. The Hall–Kier alpha value is -4.04. The van der Waals surface area contributed by atoms with Crippen LogP contribution in [0.25, 0.3) is 0 Å². The first-order valence-corrected chi connectivity index (χ1v) is 11.3. The van der Waals surface area contributed by atoms with Crippen LogP contribution in [-0.2, 0) is 11.2 Å². The smallest absolute Gasteiger partial charge is 0.262 e. The van der Waals surface area contributed by atoms with Crippen LogP contribution in [0.1, 0.15) is 40.4 Å². The van der Waals surface area contributed by atoms with E-state index in [1.165, 1.54) is 14.2 Å². The molecule has 0 spiro atoms. The lowest BCUT2D eigenvalue weighted by Crippen LogP contribution is -2.22. The van der Waals surface area contributed by atoms with Gasteiger partial charge in [-0.1, -0.05) is 30.3 Å². The van der Waals surface area contributed by atoms with Gasteiger partial charge in [-0.15, -0.1) is 0 Å². The number of amides is 2. The lowest BCUT2D eigenvalue weighted by molar-refractivity contribution is -0.118. The molecule has 0 fully saturated rings. The highest BCUT2D eigenvalue weighted by molar-refractivity contribution is 6.05. The average molecular weight is 477 g/mol. The van der Waals surface area contributed by atoms with Crippen molar-refractivity contribution in [1.82, 2.24) is 0 Å². The summed E-state index contributed by atoms with van der Waals surface area (Å²) in [4.78, 5) is 25.3. The van der Waals surface area contributed by atoms with Crippen molar-refractivity contribution < 1.29 is 28.9 Å². The highest BCUT2D eigenvalue weighted by Gasteiger charge is 2.22. The van der Waals surface area contributed by atoms with Gasteiger partial charge in [-0.2, -0.15) is 0 Å². The van der Waals surface area contributed by atoms with Gasteiger partial charge in [0.2, 0.25) is 0 Å². The van der Waals surface area contributed by atoms with E-state index >= 15 is 0 Å². The molecule has 4 rings (SSSR count). The Labute approximate surface area is 203 Å². The molecule has 1 aliphatic rings. The molecule has 182 valence electrons. The van der Waals surface area contributed by atoms with Gasteiger partial charge < -0.3 is 30.0 Å². The number of carbonyl (C=O) groups is 2. The summed E-state index contributed by atoms with van der Waals surface area (Å²) in [6.45, 7) is -0.218. The molecule has 3 aromatic carbocycles. The Bertz CT molecular complexity index is 1210. The molecule has 3 N–H and O–H groups in total. The molecular formula is C27H28N2O6. The monoisotopic (exact) mass is 476 g/mol. The Balaban J connectivity index is 1.46. The number of fused-ring (bicyclic) bond motifs is 1. The summed E-state index contributed by atoms with van der Waals surface area (Å²) in [5, 5.41) is 15.8. The largest absolute Gasteiger partial charge is 0.494 e. The number of carbonyl (C=O) groups excluding carboxylic acids is 2. The van der Waals surface area contributed by atoms with Gasteiger partial charge in [0.15, 0.2) is 6.61 Å². The minimum atomic E-state index is -0.506. The van der Waals surface area contributed by atoms with E-state index < -0.39 is 6.10 Å². The normalized spacial score (nSPS) is 14.4. The summed E-state index contributed by atoms with van der Waals surface area (Å²) in [6.07, 6.45) is 1.88. The second kappa shape index (κ2) is 10.9. The van der Waals surface area contributed by atoms with E-state index in [1.54, 1.807) is 42.5 Å². The topological polar surface area (TPSA) is 106 Å². The molecule has 0 saturated heterocycles. The Morgan fingerprint density at radius 2 is 1.60 bits per heavy atom. The predicted octanol–water partition coefficient (Wildman–Crippen LogP) is 4.34. The van der Waals surface area contributed by atoms with Crippen LogP contribution in [0.4, 0.5) is 11.4 Å². The molecule has 0 radical (unpaired) electrons. The molecule has 3 aromatic rings. The van der Waals surface area contributed by atoms with Crippen LogP contribution in [0.3, 0.4) is 0 Å². The first kappa shape index (κ1) is 24.1. The van der Waals surface area contributed by atoms with Crippen molar-refractivity contribution in [3.63, 3.8) is 0 Å². The van der Waals surface area contributed by atoms with Gasteiger partial charge in [-0.25, -0.2) is 0 Å². The fraction of sp³-hybridized carbons (Fsp3) is 0.259. The molecule has 0 heterocycles. The summed E-state index contributed by atoms with van der Waals surface area (Å²) in [7, 11) is 2.94. The Morgan fingerprint density at radius 3 is 2.29 bits per heavy atom. The molecule has 0 bridgehead atoms. The van der Waals surface area contributed by atoms with Gasteiger partial charge in [0.1, 0.15) is 17.2 Å². The number of methoxy groups -OCH3 is 2. The van der Waals surface area contributed by atoms with Crippen LogP contribution in [0.5, 0.6) is 17.2 Å². The third kappa shape index (κ3) is 5.55. The number of rotatable bonds is 8. The van der Waals surface area contributed by atoms with E-state index in [2.05, 4.69) is 10.6 Å². The summed E-state index contributed by atoms with van der Waals surface area (Å²) in [5.74, 6) is 0.618. The zero-order chi connectivity index (χ0) is 24.8. The molecule has 1 aliphatic carbocycles. The average Bonchev–Trinajstić information content (AvgIpc) is 2.88. The van der Waals surface area contributed by atoms with Gasteiger partial charge in [0.05, 0.1) is 31.7 Å². The van der Waals surface area contributed by atoms with E-state index in [4.69, 9.17) is 14.2 Å². The maximum atomic E-state index is 12.7. The number of aliphatic hydroxyl groups excluding tert-OH is 1. The summed E-state index contributed by atoms with van der Waals surface area (Å²) < 4.78 is 16.7. The molecule has 1 unspecified atom stereocenters. The van der Waals surface area contributed by atoms with Gasteiger partial charge >= 0.3 is 0 Å². The zero-order valence-corrected chi connectivity index (χ0v) is 19.7. The molecule has 0 aromatic heterocycles. The predicted molar refractivity (Wildman–Crippen MR) is 132 cm³/mol. The number of hydrogen-bond donors (Lipinski definition) is 3. The van der Waals surface area contributed by atoms with Gasteiger partial charge in [0, 0.05) is 17.7 Å². The number of benzene rings is 3. The third-order valence-electron chi connectivity index (χ3n) is 5.87. The van der Waals surface area contributed by atoms with E-state index in [1.807, 2.05) is 18.2 Å². The van der Waals surface area contributed by atoms with Crippen molar-refractivity contribution in [2.45, 2.75) is 25.4 Å². The number of hydrogen-bond acceptors (Lipinski definition) is 6. The highest BCUT2D eigenvalue weighted by atomic mass is 16.5. The minimum Gasteiger partial charge on any atom is -0.494 e. The van der Waals surface area contributed by atoms with Gasteiger partial charge in [-0.3, -0.25) is 9.59 Å². The Kier molecular flexibility index (Phi) is 7.52. The van der Waals surface area contributed by atoms with Crippen molar-refractivity contribution in [2.75, 3.05) is 31.5 Å². The van der Waals surface area contributed by atoms with Crippen molar-refractivity contribution in [3.8, 4) is 17.2 Å². The minimum absolute atomic E-state index is 0.218. The maximum Gasteiger partial charge on any atom is 0.262 e. The van der Waals surface area contributed by atoms with Gasteiger partial charge in [-0.05, 0) is 48.6 Å². The zero-order valence-electron chi connectivity index (χ0n) is 19.7. The fourth-order valence-corrected chi connectivity index (χ4v) is 4.13. The van der Waals surface area contributed by atoms with Crippen LogP contribution in [0, 0.1) is 0 Å². The first-order chi connectivity index (χ1) is 17.0. The second-order valence-corrected chi connectivity index (χ2v) is 8.14. The van der Waals surface area contributed by atoms with Crippen molar-refractivity contribution in [1.29, 1.82) is 0 Å². The lowest BCUT2D eigenvalue weighted by Gasteiger charge is -2.23. The van der Waals surface area contributed by atoms with E-state index in [0.717, 1.165) is 30.4 Å². The first-order valence-electron chi connectivity index (χ1n) is 11.3. The van der Waals surface area contributed by atoms with Crippen LogP contribution in [0.2, 0.25) is 0 Å². The number of nitrogens with one attached hydrogen (secondary N) is 2. The second-order valence-electron chi connectivity index (χ2n) is 8.14. The van der Waals surface area contributed by atoms with Crippen LogP contribution in [0.15, 0.2) is 60.7 Å². The lowest BCUT2D eigenvalue weighted by atomic mass is 9.89. The van der Waals surface area contributed by atoms with Crippen LogP contribution >= 0.6 is 0 Å². The number of aliphatic hydroxyl groups is 1. The SMILES string of the molecule is COc1cc(NC(=O)c2ccccc2)c(OC)cc1NC(=O)COc1cccc2c1CCCC2O. The molecule has 35 heavy (non-hydrogen) atoms. The quantitative estimate of drug-likeness (QED) is 0.447. The summed E-state index contributed by atoms with van der Waals surface area (Å²) in [5.41, 5.74) is 3.08. The summed E-state index contributed by atoms with van der Waals surface area (Å²) >= 11 is 0. The number of anilines is 2. The molecule has 0 saturated carbocycles. The van der Waals surface area contributed by atoms with Crippen LogP contribution < -0.4 is 24.8 Å². The third-order valence-corrected chi connectivity index (χ3v) is 5.87. The molecule has 1 atom stereocenters. The van der Waals surface area contributed by atoms with E-state index in [0.29, 0.717) is 34.2 Å². The maximum absolute atomic E-state index is 12.7.